The molecule has 0 saturated carbocycles. The minimum atomic E-state index is -4.51. The van der Waals surface area contributed by atoms with Crippen LogP contribution in [0.5, 0.6) is 0 Å². The van der Waals surface area contributed by atoms with E-state index in [1.54, 1.807) is 6.07 Å². The van der Waals surface area contributed by atoms with E-state index in [9.17, 15) is 23.2 Å². The number of aryl methyl sites for hydroxylation is 1. The van der Waals surface area contributed by atoms with E-state index in [1.807, 2.05) is 31.2 Å². The molecule has 0 spiro atoms. The predicted octanol–water partition coefficient (Wildman–Crippen LogP) is 4.96. The standard InChI is InChI=1S/C21H20F3N3O/c1-3-15-7-9-16(10-8-15)14(2)26-13-17(12-25)20(28)27-19-6-4-5-18(11-19)21(22,23)24/h4-11,13-14,26H,3H2,1-2H3,(H,27,28)/b17-13-. The van der Waals surface area contributed by atoms with Gasteiger partial charge in [0, 0.05) is 17.9 Å². The van der Waals surface area contributed by atoms with E-state index in [0.717, 1.165) is 24.1 Å². The summed E-state index contributed by atoms with van der Waals surface area (Å²) in [6, 6.07) is 13.8. The molecule has 146 valence electrons. The molecule has 7 heteroatoms. The SMILES string of the molecule is CCc1ccc(C(C)N/C=C(/C#N)C(=O)Nc2cccc(C(F)(F)F)c2)cc1. The van der Waals surface area contributed by atoms with Gasteiger partial charge >= 0.3 is 6.18 Å². The van der Waals surface area contributed by atoms with Gasteiger partial charge in [-0.2, -0.15) is 18.4 Å². The van der Waals surface area contributed by atoms with Crippen LogP contribution >= 0.6 is 0 Å². The van der Waals surface area contributed by atoms with Crippen LogP contribution in [-0.2, 0) is 17.4 Å². The first kappa shape index (κ1) is 21.0. The third kappa shape index (κ3) is 5.61. The fraction of sp³-hybridized carbons (Fsp3) is 0.238. The van der Waals surface area contributed by atoms with Crippen LogP contribution in [0.4, 0.5) is 18.9 Å². The highest BCUT2D eigenvalue weighted by Crippen LogP contribution is 2.30. The topological polar surface area (TPSA) is 64.9 Å². The Labute approximate surface area is 161 Å². The lowest BCUT2D eigenvalue weighted by Crippen LogP contribution is -2.19. The van der Waals surface area contributed by atoms with Crippen LogP contribution < -0.4 is 10.6 Å². The number of anilines is 1. The predicted molar refractivity (Wildman–Crippen MR) is 101 cm³/mol. The summed E-state index contributed by atoms with van der Waals surface area (Å²) < 4.78 is 38.3. The lowest BCUT2D eigenvalue weighted by atomic mass is 10.1. The van der Waals surface area contributed by atoms with Crippen molar-refractivity contribution in [2.45, 2.75) is 32.5 Å². The summed E-state index contributed by atoms with van der Waals surface area (Å²) >= 11 is 0. The van der Waals surface area contributed by atoms with Crippen molar-refractivity contribution in [1.29, 1.82) is 5.26 Å². The molecule has 0 aliphatic carbocycles. The second-order valence-corrected chi connectivity index (χ2v) is 6.19. The van der Waals surface area contributed by atoms with E-state index in [2.05, 4.69) is 17.6 Å². The van der Waals surface area contributed by atoms with Crippen molar-refractivity contribution in [2.75, 3.05) is 5.32 Å². The second-order valence-electron chi connectivity index (χ2n) is 6.19. The number of nitriles is 1. The Morgan fingerprint density at radius 3 is 2.46 bits per heavy atom. The molecule has 1 amide bonds. The monoisotopic (exact) mass is 387 g/mol. The van der Waals surface area contributed by atoms with Crippen molar-refractivity contribution in [3.8, 4) is 6.07 Å². The summed E-state index contributed by atoms with van der Waals surface area (Å²) in [6.07, 6.45) is -2.32. The smallest absolute Gasteiger partial charge is 0.383 e. The molecular formula is C21H20F3N3O. The van der Waals surface area contributed by atoms with Crippen molar-refractivity contribution in [3.63, 3.8) is 0 Å². The largest absolute Gasteiger partial charge is 0.416 e. The maximum absolute atomic E-state index is 12.8. The molecule has 0 bridgehead atoms. The number of nitrogens with zero attached hydrogens (tertiary/aromatic N) is 1. The van der Waals surface area contributed by atoms with Crippen molar-refractivity contribution < 1.29 is 18.0 Å². The summed E-state index contributed by atoms with van der Waals surface area (Å²) in [5, 5.41) is 14.5. The number of hydrogen-bond donors (Lipinski definition) is 2. The molecular weight excluding hydrogens is 367 g/mol. The highest BCUT2D eigenvalue weighted by atomic mass is 19.4. The lowest BCUT2D eigenvalue weighted by Gasteiger charge is -2.13. The highest BCUT2D eigenvalue weighted by Gasteiger charge is 2.30. The summed E-state index contributed by atoms with van der Waals surface area (Å²) in [6.45, 7) is 3.93. The number of carbonyl (C=O) groups excluding carboxylic acids is 1. The van der Waals surface area contributed by atoms with Crippen LogP contribution in [0, 0.1) is 11.3 Å². The molecule has 0 aromatic heterocycles. The van der Waals surface area contributed by atoms with Gasteiger partial charge in [0.2, 0.25) is 0 Å². The van der Waals surface area contributed by atoms with E-state index in [4.69, 9.17) is 0 Å². The van der Waals surface area contributed by atoms with Crippen molar-refractivity contribution in [2.24, 2.45) is 0 Å². The third-order valence-corrected chi connectivity index (χ3v) is 4.18. The van der Waals surface area contributed by atoms with E-state index in [-0.39, 0.29) is 17.3 Å². The van der Waals surface area contributed by atoms with Gasteiger partial charge in [-0.25, -0.2) is 0 Å². The van der Waals surface area contributed by atoms with Crippen LogP contribution in [0.2, 0.25) is 0 Å². The number of carbonyl (C=O) groups is 1. The van der Waals surface area contributed by atoms with Gasteiger partial charge in [0.15, 0.2) is 0 Å². The average molecular weight is 387 g/mol. The minimum absolute atomic E-state index is 0.0378. The Bertz CT molecular complexity index is 896. The van der Waals surface area contributed by atoms with Crippen LogP contribution in [-0.4, -0.2) is 5.91 Å². The van der Waals surface area contributed by atoms with E-state index in [0.29, 0.717) is 0 Å². The molecule has 2 aromatic rings. The van der Waals surface area contributed by atoms with E-state index < -0.39 is 17.6 Å². The van der Waals surface area contributed by atoms with Gasteiger partial charge in [-0.1, -0.05) is 37.3 Å². The maximum atomic E-state index is 12.8. The van der Waals surface area contributed by atoms with Crippen LogP contribution in [0.15, 0.2) is 60.3 Å². The molecule has 0 aliphatic rings. The zero-order valence-corrected chi connectivity index (χ0v) is 15.5. The molecule has 0 heterocycles. The molecule has 28 heavy (non-hydrogen) atoms. The normalized spacial score (nSPS) is 12.8. The minimum Gasteiger partial charge on any atom is -0.383 e. The Balaban J connectivity index is 2.07. The number of rotatable bonds is 6. The van der Waals surface area contributed by atoms with Crippen LogP contribution in [0.3, 0.4) is 0 Å². The summed E-state index contributed by atoms with van der Waals surface area (Å²) in [5.41, 5.74) is 1.02. The van der Waals surface area contributed by atoms with Gasteiger partial charge in [-0.3, -0.25) is 4.79 Å². The summed E-state index contributed by atoms with van der Waals surface area (Å²) in [5.74, 6) is -0.789. The molecule has 2 aromatic carbocycles. The number of hydrogen-bond acceptors (Lipinski definition) is 3. The molecule has 2 rings (SSSR count). The molecule has 2 N–H and O–H groups in total. The first-order valence-electron chi connectivity index (χ1n) is 8.68. The van der Waals surface area contributed by atoms with Gasteiger partial charge in [0.1, 0.15) is 11.6 Å². The number of halogens is 3. The highest BCUT2D eigenvalue weighted by molar-refractivity contribution is 6.06. The third-order valence-electron chi connectivity index (χ3n) is 4.18. The maximum Gasteiger partial charge on any atom is 0.416 e. The number of benzene rings is 2. The molecule has 4 nitrogen and oxygen atoms in total. The average Bonchev–Trinajstić information content (AvgIpc) is 2.68. The molecule has 0 radical (unpaired) electrons. The van der Waals surface area contributed by atoms with Crippen molar-refractivity contribution >= 4 is 11.6 Å². The van der Waals surface area contributed by atoms with Gasteiger partial charge in [-0.05, 0) is 42.7 Å². The summed E-state index contributed by atoms with van der Waals surface area (Å²) in [4.78, 5) is 12.2. The lowest BCUT2D eigenvalue weighted by molar-refractivity contribution is -0.137. The number of nitrogens with one attached hydrogen (secondary N) is 2. The Hall–Kier alpha value is -3.27. The van der Waals surface area contributed by atoms with Gasteiger partial charge in [0.25, 0.3) is 5.91 Å². The number of alkyl halides is 3. The second kappa shape index (κ2) is 9.09. The van der Waals surface area contributed by atoms with Crippen LogP contribution in [0.1, 0.15) is 36.6 Å². The zero-order valence-electron chi connectivity index (χ0n) is 15.5. The first-order chi connectivity index (χ1) is 13.2. The Morgan fingerprint density at radius 1 is 1.21 bits per heavy atom. The Kier molecular flexibility index (Phi) is 6.83. The molecule has 1 unspecified atom stereocenters. The molecule has 0 aliphatic heterocycles. The van der Waals surface area contributed by atoms with Gasteiger partial charge < -0.3 is 10.6 Å². The van der Waals surface area contributed by atoms with Crippen molar-refractivity contribution in [1.82, 2.24) is 5.32 Å². The van der Waals surface area contributed by atoms with E-state index >= 15 is 0 Å². The van der Waals surface area contributed by atoms with Crippen LogP contribution in [0.25, 0.3) is 0 Å². The quantitative estimate of drug-likeness (QED) is 0.544. The fourth-order valence-corrected chi connectivity index (χ4v) is 2.47. The molecule has 1 atom stereocenters. The fourth-order valence-electron chi connectivity index (χ4n) is 2.47. The summed E-state index contributed by atoms with van der Waals surface area (Å²) in [7, 11) is 0. The first-order valence-corrected chi connectivity index (χ1v) is 8.68. The number of amides is 1. The Morgan fingerprint density at radius 2 is 1.89 bits per heavy atom. The molecule has 0 fully saturated rings. The van der Waals surface area contributed by atoms with E-state index in [1.165, 1.54) is 23.9 Å². The van der Waals surface area contributed by atoms with Gasteiger partial charge in [0.05, 0.1) is 5.56 Å². The van der Waals surface area contributed by atoms with Crippen molar-refractivity contribution in [3.05, 3.63) is 77.0 Å². The zero-order chi connectivity index (χ0) is 20.7. The molecule has 0 saturated heterocycles. The van der Waals surface area contributed by atoms with Gasteiger partial charge in [-0.15, -0.1) is 0 Å².